The van der Waals surface area contributed by atoms with Crippen molar-refractivity contribution >= 4 is 18.3 Å². The van der Waals surface area contributed by atoms with Crippen LogP contribution in [0.15, 0.2) is 0 Å². The highest BCUT2D eigenvalue weighted by Gasteiger charge is 2.18. The van der Waals surface area contributed by atoms with E-state index in [0.717, 1.165) is 25.9 Å². The molecule has 90 valence electrons. The van der Waals surface area contributed by atoms with E-state index in [1.165, 1.54) is 0 Å². The molecule has 1 amide bonds. The number of carbonyl (C=O) groups is 1. The third kappa shape index (κ3) is 5.35. The Bertz CT molecular complexity index is 184. The van der Waals surface area contributed by atoms with Crippen LogP contribution in [0, 0.1) is 0 Å². The minimum absolute atomic E-state index is 0. The molecule has 0 aliphatic carbocycles. The molecular weight excluding hydrogens is 216 g/mol. The monoisotopic (exact) mass is 236 g/mol. The average Bonchev–Trinajstić information content (AvgIpc) is 2.19. The number of ether oxygens (including phenoxy) is 1. The van der Waals surface area contributed by atoms with Crippen molar-refractivity contribution < 1.29 is 9.53 Å². The molecule has 4 nitrogen and oxygen atoms in total. The molecule has 1 rings (SSSR count). The maximum atomic E-state index is 11.5. The summed E-state index contributed by atoms with van der Waals surface area (Å²) in [7, 11) is 0. The van der Waals surface area contributed by atoms with Gasteiger partial charge in [0.05, 0.1) is 0 Å². The molecule has 1 aliphatic heterocycles. The number of nitrogens with one attached hydrogen (secondary N) is 2. The van der Waals surface area contributed by atoms with Crippen molar-refractivity contribution in [2.75, 3.05) is 19.7 Å². The van der Waals surface area contributed by atoms with E-state index in [1.807, 2.05) is 6.92 Å². The number of rotatable bonds is 4. The number of amides is 1. The molecule has 2 N–H and O–H groups in total. The Hall–Kier alpha value is -0.320. The van der Waals surface area contributed by atoms with Gasteiger partial charge >= 0.3 is 0 Å². The van der Waals surface area contributed by atoms with Crippen LogP contribution in [0.3, 0.4) is 0 Å². The first-order chi connectivity index (χ1) is 6.74. The van der Waals surface area contributed by atoms with Crippen LogP contribution in [0.1, 0.15) is 26.7 Å². The number of piperidine rings is 1. The van der Waals surface area contributed by atoms with Crippen LogP contribution in [-0.4, -0.2) is 37.7 Å². The van der Waals surface area contributed by atoms with Crippen LogP contribution in [0.2, 0.25) is 0 Å². The lowest BCUT2D eigenvalue weighted by atomic mass is 10.1. The lowest BCUT2D eigenvalue weighted by Gasteiger charge is -2.25. The molecule has 5 heteroatoms. The van der Waals surface area contributed by atoms with Crippen molar-refractivity contribution in [2.24, 2.45) is 0 Å². The summed E-state index contributed by atoms with van der Waals surface area (Å²) in [6, 6.07) is 0.277. The van der Waals surface area contributed by atoms with Crippen molar-refractivity contribution in [3.05, 3.63) is 0 Å². The van der Waals surface area contributed by atoms with Crippen molar-refractivity contribution in [3.63, 3.8) is 0 Å². The largest absolute Gasteiger partial charge is 0.369 e. The minimum atomic E-state index is -0.332. The van der Waals surface area contributed by atoms with Crippen LogP contribution in [0.4, 0.5) is 0 Å². The van der Waals surface area contributed by atoms with Gasteiger partial charge in [-0.1, -0.05) is 0 Å². The van der Waals surface area contributed by atoms with Gasteiger partial charge in [0, 0.05) is 19.2 Å². The van der Waals surface area contributed by atoms with Crippen LogP contribution >= 0.6 is 12.4 Å². The maximum absolute atomic E-state index is 11.5. The third-order valence-corrected chi connectivity index (χ3v) is 2.43. The molecule has 0 aromatic heterocycles. The predicted molar refractivity (Wildman–Crippen MR) is 62.4 cm³/mol. The Balaban J connectivity index is 0.00000196. The topological polar surface area (TPSA) is 50.4 Å². The Kier molecular flexibility index (Phi) is 7.74. The van der Waals surface area contributed by atoms with Crippen LogP contribution in [0.25, 0.3) is 0 Å². The Labute approximate surface area is 97.5 Å². The van der Waals surface area contributed by atoms with Gasteiger partial charge in [-0.05, 0) is 33.2 Å². The first kappa shape index (κ1) is 14.7. The van der Waals surface area contributed by atoms with Gasteiger partial charge in [-0.3, -0.25) is 4.79 Å². The molecule has 1 saturated heterocycles. The van der Waals surface area contributed by atoms with Crippen molar-refractivity contribution in [1.82, 2.24) is 10.6 Å². The summed E-state index contributed by atoms with van der Waals surface area (Å²) in [5.74, 6) is 0.000509. The summed E-state index contributed by atoms with van der Waals surface area (Å²) in [4.78, 5) is 11.5. The molecular formula is C10H21ClN2O2. The second-order valence-corrected chi connectivity index (χ2v) is 3.65. The quantitative estimate of drug-likeness (QED) is 0.756. The molecule has 0 saturated carbocycles. The fourth-order valence-corrected chi connectivity index (χ4v) is 1.62. The van der Waals surface area contributed by atoms with E-state index >= 15 is 0 Å². The molecule has 15 heavy (non-hydrogen) atoms. The number of carbonyl (C=O) groups excluding carboxylic acids is 1. The molecule has 1 heterocycles. The first-order valence-electron chi connectivity index (χ1n) is 5.36. The van der Waals surface area contributed by atoms with Crippen LogP contribution in [-0.2, 0) is 9.53 Å². The summed E-state index contributed by atoms with van der Waals surface area (Å²) in [5, 5.41) is 6.23. The normalized spacial score (nSPS) is 22.7. The highest BCUT2D eigenvalue weighted by atomic mass is 35.5. The first-order valence-corrected chi connectivity index (χ1v) is 5.36. The smallest absolute Gasteiger partial charge is 0.249 e. The van der Waals surface area contributed by atoms with E-state index < -0.39 is 0 Å². The molecule has 0 aromatic carbocycles. The number of hydrogen-bond donors (Lipinski definition) is 2. The molecule has 1 fully saturated rings. The predicted octanol–water partition coefficient (Wildman–Crippen LogP) is 0.701. The van der Waals surface area contributed by atoms with Gasteiger partial charge < -0.3 is 15.4 Å². The van der Waals surface area contributed by atoms with Crippen LogP contribution in [0.5, 0.6) is 0 Å². The summed E-state index contributed by atoms with van der Waals surface area (Å²) in [5.41, 5.74) is 0. The summed E-state index contributed by atoms with van der Waals surface area (Å²) >= 11 is 0. The Morgan fingerprint density at radius 2 is 2.40 bits per heavy atom. The summed E-state index contributed by atoms with van der Waals surface area (Å²) in [6.07, 6.45) is 1.87. The highest BCUT2D eigenvalue weighted by Crippen LogP contribution is 2.02. The fraction of sp³-hybridized carbons (Fsp3) is 0.900. The van der Waals surface area contributed by atoms with E-state index in [1.54, 1.807) is 6.92 Å². The van der Waals surface area contributed by atoms with Gasteiger partial charge in [0.25, 0.3) is 0 Å². The van der Waals surface area contributed by atoms with Crippen molar-refractivity contribution in [2.45, 2.75) is 38.8 Å². The van der Waals surface area contributed by atoms with Gasteiger partial charge in [-0.25, -0.2) is 0 Å². The zero-order chi connectivity index (χ0) is 10.4. The zero-order valence-electron chi connectivity index (χ0n) is 9.41. The zero-order valence-corrected chi connectivity index (χ0v) is 10.2. The second kappa shape index (κ2) is 7.91. The molecule has 0 radical (unpaired) electrons. The van der Waals surface area contributed by atoms with E-state index in [0.29, 0.717) is 6.61 Å². The number of hydrogen-bond acceptors (Lipinski definition) is 3. The molecule has 0 aromatic rings. The van der Waals surface area contributed by atoms with Gasteiger partial charge in [0.2, 0.25) is 5.91 Å². The van der Waals surface area contributed by atoms with E-state index in [-0.39, 0.29) is 30.5 Å². The second-order valence-electron chi connectivity index (χ2n) is 3.65. The van der Waals surface area contributed by atoms with Crippen molar-refractivity contribution in [1.29, 1.82) is 0 Å². The Morgan fingerprint density at radius 3 is 2.93 bits per heavy atom. The molecule has 0 bridgehead atoms. The molecule has 1 unspecified atom stereocenters. The third-order valence-electron chi connectivity index (χ3n) is 2.43. The molecule has 2 atom stereocenters. The summed E-state index contributed by atoms with van der Waals surface area (Å²) in [6.45, 7) is 6.20. The van der Waals surface area contributed by atoms with E-state index in [2.05, 4.69) is 10.6 Å². The van der Waals surface area contributed by atoms with E-state index in [4.69, 9.17) is 4.74 Å². The van der Waals surface area contributed by atoms with Gasteiger partial charge in [0.15, 0.2) is 0 Å². The lowest BCUT2D eigenvalue weighted by molar-refractivity contribution is -0.132. The van der Waals surface area contributed by atoms with Gasteiger partial charge in [-0.15, -0.1) is 12.4 Å². The maximum Gasteiger partial charge on any atom is 0.249 e. The van der Waals surface area contributed by atoms with Crippen molar-refractivity contribution in [3.8, 4) is 0 Å². The molecule has 0 spiro atoms. The Morgan fingerprint density at radius 1 is 1.67 bits per heavy atom. The van der Waals surface area contributed by atoms with Gasteiger partial charge in [-0.2, -0.15) is 0 Å². The minimum Gasteiger partial charge on any atom is -0.369 e. The number of halogens is 1. The van der Waals surface area contributed by atoms with E-state index in [9.17, 15) is 4.79 Å². The molecule has 1 aliphatic rings. The summed E-state index contributed by atoms with van der Waals surface area (Å²) < 4.78 is 5.21. The van der Waals surface area contributed by atoms with Crippen LogP contribution < -0.4 is 10.6 Å². The SMILES string of the molecule is CCOC(C)C(=O)N[C@H]1CCCNC1.Cl. The average molecular weight is 237 g/mol. The lowest BCUT2D eigenvalue weighted by Crippen LogP contribution is -2.48. The highest BCUT2D eigenvalue weighted by molar-refractivity contribution is 5.85. The van der Waals surface area contributed by atoms with Gasteiger partial charge in [0.1, 0.15) is 6.10 Å². The standard InChI is InChI=1S/C10H20N2O2.ClH/c1-3-14-8(2)10(13)12-9-5-4-6-11-7-9;/h8-9,11H,3-7H2,1-2H3,(H,12,13);1H/t8?,9-;/m0./s1. The fourth-order valence-electron chi connectivity index (χ4n) is 1.62.